The van der Waals surface area contributed by atoms with E-state index in [2.05, 4.69) is 4.98 Å². The van der Waals surface area contributed by atoms with E-state index < -0.39 is 17.6 Å². The van der Waals surface area contributed by atoms with Crippen molar-refractivity contribution >= 4 is 11.8 Å². The summed E-state index contributed by atoms with van der Waals surface area (Å²) in [5.74, 6) is 0.919. The molecule has 0 saturated carbocycles. The lowest BCUT2D eigenvalue weighted by atomic mass is 9.88. The number of imidazole rings is 1. The van der Waals surface area contributed by atoms with Crippen LogP contribution in [0.15, 0.2) is 36.7 Å². The summed E-state index contributed by atoms with van der Waals surface area (Å²) < 4.78 is 13.2. The number of methoxy groups -OCH3 is 1. The number of fused-ring (bicyclic) bond motifs is 2. The molecule has 0 radical (unpaired) electrons. The second-order valence-electron chi connectivity index (χ2n) is 6.93. The number of carbonyl (C=O) groups excluding carboxylic acids is 2. The van der Waals surface area contributed by atoms with Gasteiger partial charge in [-0.05, 0) is 18.2 Å². The van der Waals surface area contributed by atoms with E-state index in [0.717, 1.165) is 5.82 Å². The molecule has 2 aliphatic rings. The van der Waals surface area contributed by atoms with E-state index in [1.807, 2.05) is 16.8 Å². The lowest BCUT2D eigenvalue weighted by molar-refractivity contribution is -0.169. The van der Waals surface area contributed by atoms with E-state index in [4.69, 9.17) is 15.2 Å². The number of amides is 2. The number of nitrogens with zero attached hydrogens (tertiary/aromatic N) is 3. The zero-order valence-corrected chi connectivity index (χ0v) is 15.1. The zero-order valence-electron chi connectivity index (χ0n) is 15.1. The van der Waals surface area contributed by atoms with Crippen LogP contribution in [0.1, 0.15) is 29.0 Å². The molecule has 1 fully saturated rings. The van der Waals surface area contributed by atoms with Crippen LogP contribution in [0.3, 0.4) is 0 Å². The number of primary amides is 1. The topological polar surface area (TPSA) is 99.7 Å². The largest absolute Gasteiger partial charge is 0.497 e. The van der Waals surface area contributed by atoms with Gasteiger partial charge in [-0.1, -0.05) is 6.07 Å². The van der Waals surface area contributed by atoms with Gasteiger partial charge in [-0.3, -0.25) is 9.59 Å². The highest BCUT2D eigenvalue weighted by Crippen LogP contribution is 2.40. The maximum atomic E-state index is 12.8. The van der Waals surface area contributed by atoms with Gasteiger partial charge < -0.3 is 24.7 Å². The second-order valence-corrected chi connectivity index (χ2v) is 6.93. The zero-order chi connectivity index (χ0) is 19.0. The molecule has 1 atom stereocenters. The summed E-state index contributed by atoms with van der Waals surface area (Å²) in [6, 6.07) is 7.12. The summed E-state index contributed by atoms with van der Waals surface area (Å²) in [7, 11) is 1.58. The van der Waals surface area contributed by atoms with Gasteiger partial charge in [0.05, 0.1) is 13.7 Å². The Hall–Kier alpha value is -2.87. The molecule has 3 heterocycles. The minimum Gasteiger partial charge on any atom is -0.497 e. The van der Waals surface area contributed by atoms with Crippen LogP contribution in [0.2, 0.25) is 0 Å². The summed E-state index contributed by atoms with van der Waals surface area (Å²) >= 11 is 0. The summed E-state index contributed by atoms with van der Waals surface area (Å²) in [4.78, 5) is 30.8. The number of rotatable bonds is 3. The molecule has 4 rings (SSSR count). The Morgan fingerprint density at radius 1 is 1.33 bits per heavy atom. The summed E-state index contributed by atoms with van der Waals surface area (Å²) in [5.41, 5.74) is 5.39. The van der Waals surface area contributed by atoms with Gasteiger partial charge in [-0.2, -0.15) is 0 Å². The summed E-state index contributed by atoms with van der Waals surface area (Å²) in [6.45, 7) is 1.39. The van der Waals surface area contributed by atoms with Gasteiger partial charge in [0.2, 0.25) is 5.91 Å². The highest BCUT2D eigenvalue weighted by molar-refractivity contribution is 5.94. The summed E-state index contributed by atoms with van der Waals surface area (Å²) in [5, 5.41) is 0. The van der Waals surface area contributed by atoms with Crippen molar-refractivity contribution in [2.45, 2.75) is 31.1 Å². The SMILES string of the molecule is COc1cccc(C(=O)N2CCC3(CC2)OC(C(N)=O)Cn2ccnc23)c1. The van der Waals surface area contributed by atoms with Crippen molar-refractivity contribution in [1.29, 1.82) is 0 Å². The van der Waals surface area contributed by atoms with Gasteiger partial charge >= 0.3 is 0 Å². The fourth-order valence-corrected chi connectivity index (χ4v) is 3.90. The van der Waals surface area contributed by atoms with Gasteiger partial charge in [-0.25, -0.2) is 4.98 Å². The standard InChI is InChI=1S/C19H22N4O4/c1-26-14-4-2-3-13(11-14)17(25)22-8-5-19(6-9-22)18-21-7-10-23(18)12-15(27-19)16(20)24/h2-4,7,10-11,15H,5-6,8-9,12H2,1H3,(H2,20,24). The van der Waals surface area contributed by atoms with E-state index in [-0.39, 0.29) is 5.91 Å². The van der Waals surface area contributed by atoms with Gasteiger partial charge in [0, 0.05) is 43.9 Å². The molecule has 2 amide bonds. The van der Waals surface area contributed by atoms with E-state index >= 15 is 0 Å². The molecular weight excluding hydrogens is 348 g/mol. The second kappa shape index (κ2) is 6.70. The maximum absolute atomic E-state index is 12.8. The predicted molar refractivity (Wildman–Crippen MR) is 96.1 cm³/mol. The molecule has 8 nitrogen and oxygen atoms in total. The molecule has 8 heteroatoms. The molecule has 142 valence electrons. The van der Waals surface area contributed by atoms with Crippen LogP contribution in [0.25, 0.3) is 0 Å². The Balaban J connectivity index is 1.53. The fraction of sp³-hybridized carbons (Fsp3) is 0.421. The van der Waals surface area contributed by atoms with Gasteiger partial charge in [0.25, 0.3) is 5.91 Å². The number of hydrogen-bond donors (Lipinski definition) is 1. The Morgan fingerprint density at radius 2 is 2.11 bits per heavy atom. The van der Waals surface area contributed by atoms with Gasteiger partial charge in [-0.15, -0.1) is 0 Å². The van der Waals surface area contributed by atoms with Crippen molar-refractivity contribution in [2.75, 3.05) is 20.2 Å². The Kier molecular flexibility index (Phi) is 4.35. The molecule has 27 heavy (non-hydrogen) atoms. The number of benzene rings is 1. The highest BCUT2D eigenvalue weighted by atomic mass is 16.5. The molecule has 2 aromatic rings. The molecule has 1 spiro atoms. The Bertz CT molecular complexity index is 870. The van der Waals surface area contributed by atoms with Crippen molar-refractivity contribution < 1.29 is 19.1 Å². The van der Waals surface area contributed by atoms with Crippen LogP contribution in [0, 0.1) is 0 Å². The summed E-state index contributed by atoms with van der Waals surface area (Å²) in [6.07, 6.45) is 3.97. The fourth-order valence-electron chi connectivity index (χ4n) is 3.90. The minimum atomic E-state index is -0.688. The van der Waals surface area contributed by atoms with E-state index in [1.165, 1.54) is 0 Å². The number of nitrogens with two attached hydrogens (primary N) is 1. The van der Waals surface area contributed by atoms with Crippen molar-refractivity contribution in [3.8, 4) is 5.75 Å². The average Bonchev–Trinajstić information content (AvgIpc) is 3.18. The molecular formula is C19H22N4O4. The molecule has 0 bridgehead atoms. The monoisotopic (exact) mass is 370 g/mol. The van der Waals surface area contributed by atoms with E-state index in [9.17, 15) is 9.59 Å². The van der Waals surface area contributed by atoms with Crippen molar-refractivity contribution in [3.63, 3.8) is 0 Å². The number of likely N-dealkylation sites (tertiary alicyclic amines) is 1. The normalized spacial score (nSPS) is 20.9. The van der Waals surface area contributed by atoms with E-state index in [1.54, 1.807) is 36.4 Å². The first kappa shape index (κ1) is 17.5. The lowest BCUT2D eigenvalue weighted by Crippen LogP contribution is -2.54. The van der Waals surface area contributed by atoms with Crippen LogP contribution in [0.4, 0.5) is 0 Å². The number of aromatic nitrogens is 2. The number of piperidine rings is 1. The molecule has 2 aliphatic heterocycles. The van der Waals surface area contributed by atoms with Crippen LogP contribution < -0.4 is 10.5 Å². The third kappa shape index (κ3) is 3.06. The van der Waals surface area contributed by atoms with Crippen molar-refractivity contribution in [1.82, 2.24) is 14.5 Å². The maximum Gasteiger partial charge on any atom is 0.253 e. The predicted octanol–water partition coefficient (Wildman–Crippen LogP) is 0.907. The van der Waals surface area contributed by atoms with Gasteiger partial charge in [0.15, 0.2) is 6.10 Å². The quantitative estimate of drug-likeness (QED) is 0.866. The molecule has 1 unspecified atom stereocenters. The highest BCUT2D eigenvalue weighted by Gasteiger charge is 2.47. The minimum absolute atomic E-state index is 0.0469. The number of hydrogen-bond acceptors (Lipinski definition) is 5. The van der Waals surface area contributed by atoms with Crippen molar-refractivity contribution in [2.24, 2.45) is 5.73 Å². The molecule has 1 aromatic heterocycles. The number of carbonyl (C=O) groups is 2. The Labute approximate surface area is 156 Å². The molecule has 1 saturated heterocycles. The smallest absolute Gasteiger partial charge is 0.253 e. The first-order valence-corrected chi connectivity index (χ1v) is 8.94. The third-order valence-corrected chi connectivity index (χ3v) is 5.35. The molecule has 1 aromatic carbocycles. The molecule has 2 N–H and O–H groups in total. The first-order valence-electron chi connectivity index (χ1n) is 8.94. The van der Waals surface area contributed by atoms with Crippen molar-refractivity contribution in [3.05, 3.63) is 48.0 Å². The lowest BCUT2D eigenvalue weighted by Gasteiger charge is -2.45. The first-order chi connectivity index (χ1) is 13.0. The van der Waals surface area contributed by atoms with Crippen LogP contribution >= 0.6 is 0 Å². The third-order valence-electron chi connectivity index (χ3n) is 5.35. The van der Waals surface area contributed by atoms with Gasteiger partial charge in [0.1, 0.15) is 17.2 Å². The molecule has 0 aliphatic carbocycles. The average molecular weight is 370 g/mol. The van der Waals surface area contributed by atoms with Crippen LogP contribution in [-0.4, -0.2) is 52.6 Å². The van der Waals surface area contributed by atoms with Crippen LogP contribution in [-0.2, 0) is 21.7 Å². The van der Waals surface area contributed by atoms with Crippen LogP contribution in [0.5, 0.6) is 5.75 Å². The van der Waals surface area contributed by atoms with E-state index in [0.29, 0.717) is 43.8 Å². The number of ether oxygens (including phenoxy) is 2. The Morgan fingerprint density at radius 3 is 2.81 bits per heavy atom.